The Morgan fingerprint density at radius 1 is 1.04 bits per heavy atom. The number of amides is 1. The Morgan fingerprint density at radius 2 is 1.67 bits per heavy atom. The van der Waals surface area contributed by atoms with Crippen LogP contribution in [0.5, 0.6) is 0 Å². The van der Waals surface area contributed by atoms with Crippen LogP contribution in [0.1, 0.15) is 39.9 Å². The molecule has 144 valence electrons. The lowest BCUT2D eigenvalue weighted by atomic mass is 10.1. The van der Waals surface area contributed by atoms with Crippen molar-refractivity contribution in [2.45, 2.75) is 37.8 Å². The normalized spacial score (nSPS) is 15.0. The van der Waals surface area contributed by atoms with Gasteiger partial charge in [0.15, 0.2) is 9.84 Å². The van der Waals surface area contributed by atoms with Crippen molar-refractivity contribution in [3.8, 4) is 0 Å². The molecule has 1 saturated heterocycles. The molecule has 1 aliphatic heterocycles. The first kappa shape index (κ1) is 19.6. The number of nitrogens with one attached hydrogen (secondary N) is 2. The lowest BCUT2D eigenvalue weighted by molar-refractivity contribution is -0.901. The van der Waals surface area contributed by atoms with Crippen LogP contribution in [0, 0.1) is 6.92 Å². The van der Waals surface area contributed by atoms with Gasteiger partial charge < -0.3 is 10.2 Å². The van der Waals surface area contributed by atoms with Crippen LogP contribution >= 0.6 is 0 Å². The highest BCUT2D eigenvalue weighted by Gasteiger charge is 2.16. The molecule has 0 saturated carbocycles. The van der Waals surface area contributed by atoms with Gasteiger partial charge in [0.1, 0.15) is 6.54 Å². The van der Waals surface area contributed by atoms with Crippen LogP contribution < -0.4 is 10.2 Å². The summed E-state index contributed by atoms with van der Waals surface area (Å²) in [4.78, 5) is 14.3. The topological polar surface area (TPSA) is 67.7 Å². The van der Waals surface area contributed by atoms with E-state index in [9.17, 15) is 13.2 Å². The van der Waals surface area contributed by atoms with Crippen molar-refractivity contribution in [2.24, 2.45) is 0 Å². The number of rotatable bonds is 6. The molecule has 6 heteroatoms. The van der Waals surface area contributed by atoms with E-state index in [0.29, 0.717) is 12.1 Å². The van der Waals surface area contributed by atoms with Crippen LogP contribution in [0.3, 0.4) is 0 Å². The van der Waals surface area contributed by atoms with E-state index in [-0.39, 0.29) is 10.8 Å². The minimum Gasteiger partial charge on any atom is -0.348 e. The van der Waals surface area contributed by atoms with Gasteiger partial charge in [-0.1, -0.05) is 30.3 Å². The van der Waals surface area contributed by atoms with E-state index in [1.54, 1.807) is 17.9 Å². The van der Waals surface area contributed by atoms with Gasteiger partial charge in [-0.15, -0.1) is 0 Å². The summed E-state index contributed by atoms with van der Waals surface area (Å²) in [6.45, 7) is 5.78. The summed E-state index contributed by atoms with van der Waals surface area (Å²) in [5.74, 6) is -0.261. The molecule has 2 aromatic rings. The van der Waals surface area contributed by atoms with E-state index < -0.39 is 9.84 Å². The van der Waals surface area contributed by atoms with E-state index in [2.05, 4.69) is 17.4 Å². The maximum absolute atomic E-state index is 12.5. The lowest BCUT2D eigenvalue weighted by Gasteiger charge is -2.13. The van der Waals surface area contributed by atoms with Crippen LogP contribution in [0.15, 0.2) is 47.4 Å². The summed E-state index contributed by atoms with van der Waals surface area (Å²) < 4.78 is 23.4. The van der Waals surface area contributed by atoms with Crippen LogP contribution in [0.2, 0.25) is 0 Å². The molecule has 0 bridgehead atoms. The molecule has 0 aromatic heterocycles. The third-order valence-electron chi connectivity index (χ3n) is 5.12. The van der Waals surface area contributed by atoms with Crippen molar-refractivity contribution >= 4 is 15.7 Å². The van der Waals surface area contributed by atoms with Crippen molar-refractivity contribution in [3.05, 3.63) is 64.7 Å². The molecular weight excluding hydrogens is 360 g/mol. The third-order valence-corrected chi connectivity index (χ3v) is 6.23. The van der Waals surface area contributed by atoms with Crippen molar-refractivity contribution in [2.75, 3.05) is 19.3 Å². The maximum Gasteiger partial charge on any atom is 0.251 e. The van der Waals surface area contributed by atoms with Crippen molar-refractivity contribution < 1.29 is 18.1 Å². The Morgan fingerprint density at radius 3 is 2.30 bits per heavy atom. The second kappa shape index (κ2) is 8.23. The fourth-order valence-electron chi connectivity index (χ4n) is 3.47. The molecule has 2 aromatic carbocycles. The maximum atomic E-state index is 12.5. The number of hydrogen-bond donors (Lipinski definition) is 2. The molecule has 2 N–H and O–H groups in total. The summed E-state index contributed by atoms with van der Waals surface area (Å²) >= 11 is 0. The summed E-state index contributed by atoms with van der Waals surface area (Å²) in [6.07, 6.45) is 3.78. The predicted molar refractivity (Wildman–Crippen MR) is 106 cm³/mol. The number of carbonyl (C=O) groups is 1. The number of quaternary nitrogens is 1. The minimum atomic E-state index is -3.34. The average Bonchev–Trinajstić information content (AvgIpc) is 3.13. The summed E-state index contributed by atoms with van der Waals surface area (Å²) in [5.41, 5.74) is 3.50. The van der Waals surface area contributed by atoms with Crippen molar-refractivity contribution in [1.82, 2.24) is 5.32 Å². The van der Waals surface area contributed by atoms with Gasteiger partial charge in [0, 0.05) is 36.8 Å². The summed E-state index contributed by atoms with van der Waals surface area (Å²) in [7, 11) is -3.34. The Balaban J connectivity index is 1.62. The molecular formula is C21H27N2O3S+. The van der Waals surface area contributed by atoms with E-state index >= 15 is 0 Å². The zero-order valence-electron chi connectivity index (χ0n) is 15.9. The highest BCUT2D eigenvalue weighted by Crippen LogP contribution is 2.16. The second-order valence-electron chi connectivity index (χ2n) is 7.38. The van der Waals surface area contributed by atoms with Gasteiger partial charge in [-0.25, -0.2) is 8.42 Å². The Labute approximate surface area is 161 Å². The van der Waals surface area contributed by atoms with Gasteiger partial charge in [-0.2, -0.15) is 0 Å². The van der Waals surface area contributed by atoms with Gasteiger partial charge in [0.25, 0.3) is 5.91 Å². The molecule has 5 nitrogen and oxygen atoms in total. The smallest absolute Gasteiger partial charge is 0.251 e. The number of likely N-dealkylation sites (tertiary alicyclic amines) is 1. The van der Waals surface area contributed by atoms with E-state index in [1.165, 1.54) is 43.6 Å². The Bertz CT molecular complexity index is 915. The first-order chi connectivity index (χ1) is 12.8. The molecule has 3 rings (SSSR count). The summed E-state index contributed by atoms with van der Waals surface area (Å²) in [6, 6.07) is 13.0. The van der Waals surface area contributed by atoms with Crippen molar-refractivity contribution in [1.29, 1.82) is 0 Å². The lowest BCUT2D eigenvalue weighted by Crippen LogP contribution is -3.08. The average molecular weight is 388 g/mol. The van der Waals surface area contributed by atoms with Gasteiger partial charge in [-0.05, 0) is 30.2 Å². The molecule has 0 unspecified atom stereocenters. The highest BCUT2D eigenvalue weighted by molar-refractivity contribution is 7.90. The molecule has 27 heavy (non-hydrogen) atoms. The molecule has 1 aliphatic rings. The number of sulfone groups is 1. The number of carbonyl (C=O) groups excluding carboxylic acids is 1. The predicted octanol–water partition coefficient (Wildman–Crippen LogP) is 1.51. The van der Waals surface area contributed by atoms with Gasteiger partial charge in [0.2, 0.25) is 0 Å². The Hall–Kier alpha value is -2.18. The van der Waals surface area contributed by atoms with Gasteiger partial charge in [0.05, 0.1) is 18.0 Å². The number of benzene rings is 2. The molecule has 1 fully saturated rings. The van der Waals surface area contributed by atoms with E-state index in [1.807, 2.05) is 12.1 Å². The number of aryl methyl sites for hydroxylation is 1. The van der Waals surface area contributed by atoms with Crippen LogP contribution in [0.25, 0.3) is 0 Å². The molecule has 1 heterocycles. The molecule has 0 spiro atoms. The zero-order valence-corrected chi connectivity index (χ0v) is 16.7. The highest BCUT2D eigenvalue weighted by atomic mass is 32.2. The van der Waals surface area contributed by atoms with E-state index in [0.717, 1.165) is 23.9 Å². The Kier molecular flexibility index (Phi) is 5.97. The number of hydrogen-bond acceptors (Lipinski definition) is 3. The van der Waals surface area contributed by atoms with Crippen LogP contribution in [-0.2, 0) is 22.9 Å². The first-order valence-corrected chi connectivity index (χ1v) is 11.2. The third kappa shape index (κ3) is 5.17. The van der Waals surface area contributed by atoms with Crippen LogP contribution in [0.4, 0.5) is 0 Å². The molecule has 1 amide bonds. The molecule has 0 radical (unpaired) electrons. The zero-order chi connectivity index (χ0) is 19.4. The SMILES string of the molecule is Cc1ccc(S(C)(=O)=O)cc1C(=O)NCc1ccc(C[NH+]2CCCC2)cc1. The molecule has 0 aliphatic carbocycles. The summed E-state index contributed by atoms with van der Waals surface area (Å²) in [5, 5.41) is 2.89. The monoisotopic (exact) mass is 387 g/mol. The van der Waals surface area contributed by atoms with Gasteiger partial charge in [-0.3, -0.25) is 4.79 Å². The molecule has 0 atom stereocenters. The minimum absolute atomic E-state index is 0.159. The quantitative estimate of drug-likeness (QED) is 0.790. The van der Waals surface area contributed by atoms with Crippen molar-refractivity contribution in [3.63, 3.8) is 0 Å². The fourth-order valence-corrected chi connectivity index (χ4v) is 4.12. The fraction of sp³-hybridized carbons (Fsp3) is 0.381. The van der Waals surface area contributed by atoms with Gasteiger partial charge >= 0.3 is 0 Å². The van der Waals surface area contributed by atoms with E-state index in [4.69, 9.17) is 0 Å². The van der Waals surface area contributed by atoms with Crippen LogP contribution in [-0.4, -0.2) is 33.7 Å². The first-order valence-electron chi connectivity index (χ1n) is 9.33. The standard InChI is InChI=1S/C21H26N2O3S/c1-16-5-10-19(27(2,25)26)13-20(16)21(24)22-14-17-6-8-18(9-7-17)15-23-11-3-4-12-23/h5-10,13H,3-4,11-12,14-15H2,1-2H3,(H,22,24)/p+1. The largest absolute Gasteiger partial charge is 0.348 e. The second-order valence-corrected chi connectivity index (χ2v) is 9.40.